The van der Waals surface area contributed by atoms with Crippen molar-refractivity contribution >= 4 is 27.4 Å². The van der Waals surface area contributed by atoms with Crippen molar-refractivity contribution in [3.8, 4) is 49.7 Å². The molecule has 0 spiro atoms. The third kappa shape index (κ3) is 12.4. The molecule has 0 bridgehead atoms. The van der Waals surface area contributed by atoms with Gasteiger partial charge in [-0.25, -0.2) is 0 Å². The third-order valence-corrected chi connectivity index (χ3v) is 16.1. The Morgan fingerprint density at radius 3 is 1.11 bits per heavy atom. The predicted octanol–water partition coefficient (Wildman–Crippen LogP) is 20.7. The van der Waals surface area contributed by atoms with Crippen LogP contribution >= 0.6 is 0 Å². The number of hydrogen-bond acceptors (Lipinski definition) is 2. The summed E-state index contributed by atoms with van der Waals surface area (Å²) in [6, 6.07) is 60.6. The molecule has 0 radical (unpaired) electrons. The Kier molecular flexibility index (Phi) is 17.3. The van der Waals surface area contributed by atoms with Gasteiger partial charge in [0.1, 0.15) is 0 Å². The van der Waals surface area contributed by atoms with Crippen LogP contribution in [0.5, 0.6) is 0 Å². The van der Waals surface area contributed by atoms with E-state index in [1.54, 1.807) is 11.1 Å². The Hall–Kier alpha value is -5.53. The van der Waals surface area contributed by atoms with Gasteiger partial charge in [-0.15, -0.1) is 12.5 Å². The molecule has 0 heterocycles. The number of anilines is 3. The van der Waals surface area contributed by atoms with Crippen LogP contribution in [0.2, 0.25) is 0 Å². The van der Waals surface area contributed by atoms with Gasteiger partial charge in [0.2, 0.25) is 0 Å². The summed E-state index contributed by atoms with van der Waals surface area (Å²) in [4.78, 5) is 2.41. The minimum Gasteiger partial charge on any atom is -0.455 e. The first kappa shape index (κ1) is 52.8. The molecule has 0 fully saturated rings. The van der Waals surface area contributed by atoms with Crippen LogP contribution in [0, 0.1) is 5.18 Å². The van der Waals surface area contributed by atoms with Crippen LogP contribution in [0.1, 0.15) is 173 Å². The molecule has 0 amide bonds. The predicted molar refractivity (Wildman–Crippen MR) is 319 cm³/mol. The molecule has 1 aliphatic carbocycles. The fourth-order valence-corrected chi connectivity index (χ4v) is 11.8. The zero-order chi connectivity index (χ0) is 50.9. The highest BCUT2D eigenvalue weighted by molar-refractivity contribution is 7.85. The zero-order valence-electron chi connectivity index (χ0n) is 45.8. The number of benzene rings is 7. The molecular formula is C70H84NS-. The van der Waals surface area contributed by atoms with E-state index in [4.69, 9.17) is 0 Å². The van der Waals surface area contributed by atoms with E-state index in [1.807, 2.05) is 0 Å². The van der Waals surface area contributed by atoms with Gasteiger partial charge in [0.25, 0.3) is 0 Å². The van der Waals surface area contributed by atoms with Crippen LogP contribution in [0.3, 0.4) is 0 Å². The maximum atomic E-state index is 3.81. The number of fused-ring (bicyclic) bond motifs is 3. The van der Waals surface area contributed by atoms with Crippen molar-refractivity contribution in [3.05, 3.63) is 186 Å². The first-order valence-electron chi connectivity index (χ1n) is 27.6. The van der Waals surface area contributed by atoms with E-state index in [1.165, 1.54) is 151 Å². The highest BCUT2D eigenvalue weighted by Crippen LogP contribution is 2.55. The molecule has 7 aromatic carbocycles. The van der Waals surface area contributed by atoms with E-state index in [-0.39, 0.29) is 26.5 Å². The van der Waals surface area contributed by atoms with Crippen molar-refractivity contribution in [1.82, 2.24) is 0 Å². The second kappa shape index (κ2) is 23.6. The second-order valence-electron chi connectivity index (χ2n) is 23.2. The smallest absolute Gasteiger partial charge is 0.0462 e. The molecule has 2 heteroatoms. The number of unbranched alkanes of at least 4 members (excludes halogenated alkanes) is 10. The highest BCUT2D eigenvalue weighted by Gasteiger charge is 2.42. The lowest BCUT2D eigenvalue weighted by atomic mass is 9.70. The van der Waals surface area contributed by atoms with E-state index in [9.17, 15) is 0 Å². The Labute approximate surface area is 439 Å². The van der Waals surface area contributed by atoms with E-state index in [0.29, 0.717) is 0 Å². The fraction of sp³-hybridized carbons (Fsp3) is 0.386. The summed E-state index contributed by atoms with van der Waals surface area (Å²) in [5.74, 6) is 0. The van der Waals surface area contributed by atoms with Crippen LogP contribution in [0.25, 0.3) is 44.5 Å². The summed E-state index contributed by atoms with van der Waals surface area (Å²) >= 11 is 0. The normalized spacial score (nSPS) is 13.0. The van der Waals surface area contributed by atoms with Crippen LogP contribution in [0.4, 0.5) is 17.1 Å². The van der Waals surface area contributed by atoms with Crippen LogP contribution in [-0.2, 0) is 26.5 Å². The molecule has 0 saturated heterocycles. The minimum atomic E-state index is 0.00624. The Morgan fingerprint density at radius 1 is 0.389 bits per heavy atom. The monoisotopic (exact) mass is 971 g/mol. The molecule has 0 unspecified atom stereocenters. The Balaban J connectivity index is 1.15. The Morgan fingerprint density at radius 2 is 0.722 bits per heavy atom. The van der Waals surface area contributed by atoms with Crippen molar-refractivity contribution in [2.75, 3.05) is 17.4 Å². The number of nitrogens with zero attached hydrogens (tertiary/aromatic N) is 1. The largest absolute Gasteiger partial charge is 0.455 e. The molecule has 0 atom stereocenters. The molecule has 376 valence electrons. The van der Waals surface area contributed by atoms with Gasteiger partial charge in [-0.05, 0) is 151 Å². The molecule has 0 N–H and O–H groups in total. The van der Waals surface area contributed by atoms with Crippen molar-refractivity contribution in [2.24, 2.45) is 0 Å². The van der Waals surface area contributed by atoms with Gasteiger partial charge in [0, 0.05) is 22.5 Å². The standard InChI is InChI=1S/C70H84NS/c1-11-13-15-17-19-21-47-70(48-22-20-18-16-14-12-2)66-49-52(51-72(9)10)23-45-64(66)65-46-34-58(50-67(65)70)57-32-43-63(44-33-57)71(61-39-28-55(29-40-61)53-24-35-59(36-25-53)68(3,4)5)62-41-30-56(31-42-62)54-26-37-60(38-27-54)69(6,7)8/h23-46,49-50H,11-22,47-48H2,1-10H3/q-1. The number of hydrogen-bond donors (Lipinski definition) is 0. The third-order valence-electron chi connectivity index (χ3n) is 15.5. The molecule has 0 aromatic heterocycles. The highest BCUT2D eigenvalue weighted by atomic mass is 32.2. The van der Waals surface area contributed by atoms with Gasteiger partial charge in [0.05, 0.1) is 0 Å². The van der Waals surface area contributed by atoms with Crippen molar-refractivity contribution in [3.63, 3.8) is 0 Å². The molecule has 0 saturated carbocycles. The molecule has 72 heavy (non-hydrogen) atoms. The second-order valence-corrected chi connectivity index (χ2v) is 25.0. The quantitative estimate of drug-likeness (QED) is 0.0543. The lowest BCUT2D eigenvalue weighted by molar-refractivity contribution is 0.398. The molecule has 7 aromatic rings. The van der Waals surface area contributed by atoms with E-state index in [0.717, 1.165) is 17.1 Å². The van der Waals surface area contributed by atoms with Gasteiger partial charge >= 0.3 is 0 Å². The molecular weight excluding hydrogens is 887 g/mol. The average molecular weight is 972 g/mol. The summed E-state index contributed by atoms with van der Waals surface area (Å²) in [5.41, 5.74) is 21.1. The van der Waals surface area contributed by atoms with E-state index < -0.39 is 0 Å². The Bertz CT molecular complexity index is 2820. The maximum absolute atomic E-state index is 3.81. The summed E-state index contributed by atoms with van der Waals surface area (Å²) in [5, 5.41) is 3.81. The van der Waals surface area contributed by atoms with Gasteiger partial charge in [-0.3, -0.25) is 5.18 Å². The lowest BCUT2D eigenvalue weighted by Gasteiger charge is -2.33. The fourth-order valence-electron chi connectivity index (χ4n) is 11.2. The molecule has 0 aliphatic heterocycles. The SMILES string of the molecule is CCCCCCCCC1(CCCCCCCC)c2cc(C#[S-](C)C)ccc2-c2ccc(-c3ccc(N(c4ccc(-c5ccc(C(C)(C)C)cc5)cc4)c4ccc(-c5ccc(C(C)(C)C)cc5)cc4)cc3)cc21. The summed E-state index contributed by atoms with van der Waals surface area (Å²) in [6.07, 6.45) is 22.8. The van der Waals surface area contributed by atoms with Crippen molar-refractivity contribution in [2.45, 2.75) is 162 Å². The topological polar surface area (TPSA) is 3.24 Å². The van der Waals surface area contributed by atoms with Gasteiger partial charge in [-0.2, -0.15) is 0 Å². The van der Waals surface area contributed by atoms with Crippen molar-refractivity contribution < 1.29 is 0 Å². The average Bonchev–Trinajstić information content (AvgIpc) is 3.64. The summed E-state index contributed by atoms with van der Waals surface area (Å²) in [7, 11) is 0.104. The van der Waals surface area contributed by atoms with Crippen LogP contribution in [-0.4, -0.2) is 12.5 Å². The summed E-state index contributed by atoms with van der Waals surface area (Å²) in [6.45, 7) is 18.3. The van der Waals surface area contributed by atoms with Gasteiger partial charge in [0.15, 0.2) is 0 Å². The van der Waals surface area contributed by atoms with E-state index >= 15 is 0 Å². The van der Waals surface area contributed by atoms with E-state index in [2.05, 4.69) is 236 Å². The van der Waals surface area contributed by atoms with Crippen molar-refractivity contribution in [1.29, 1.82) is 0 Å². The van der Waals surface area contributed by atoms with Gasteiger partial charge < -0.3 is 15.2 Å². The first-order valence-corrected chi connectivity index (χ1v) is 29.7. The summed E-state index contributed by atoms with van der Waals surface area (Å²) < 4.78 is 0. The minimum absolute atomic E-state index is 0.00624. The zero-order valence-corrected chi connectivity index (χ0v) is 46.6. The van der Waals surface area contributed by atoms with Crippen LogP contribution in [0.15, 0.2) is 158 Å². The number of rotatable bonds is 20. The first-order chi connectivity index (χ1) is 34.7. The van der Waals surface area contributed by atoms with Gasteiger partial charge in [-0.1, -0.05) is 236 Å². The molecule has 1 aliphatic rings. The van der Waals surface area contributed by atoms with Crippen LogP contribution < -0.4 is 4.90 Å². The molecule has 1 nitrogen and oxygen atoms in total. The molecule has 8 rings (SSSR count). The maximum Gasteiger partial charge on any atom is 0.0462 e. The lowest BCUT2D eigenvalue weighted by Crippen LogP contribution is -2.25.